The van der Waals surface area contributed by atoms with E-state index in [0.29, 0.717) is 32.3 Å². The number of esters is 2. The molecule has 1 atom stereocenters. The van der Waals surface area contributed by atoms with Gasteiger partial charge in [-0.2, -0.15) is 0 Å². The average Bonchev–Trinajstić information content (AvgIpc) is 2.67. The Labute approximate surface area is 174 Å². The summed E-state index contributed by atoms with van der Waals surface area (Å²) in [4.78, 5) is 23.5. The molecule has 0 aliphatic rings. The smallest absolute Gasteiger partial charge is 0.306 e. The molecule has 1 unspecified atom stereocenters. The topological polar surface area (TPSA) is 52.6 Å². The molecule has 0 radical (unpaired) electrons. The lowest BCUT2D eigenvalue weighted by atomic mass is 10.1. The predicted molar refractivity (Wildman–Crippen MR) is 116 cm³/mol. The van der Waals surface area contributed by atoms with Gasteiger partial charge in [0.15, 0.2) is 0 Å². The Hall–Kier alpha value is -1.06. The second kappa shape index (κ2) is 20.7. The van der Waals surface area contributed by atoms with Gasteiger partial charge in [0.2, 0.25) is 0 Å². The molecule has 0 spiro atoms. The van der Waals surface area contributed by atoms with Crippen molar-refractivity contribution in [2.75, 3.05) is 6.61 Å². The van der Waals surface area contributed by atoms with E-state index >= 15 is 0 Å². The Morgan fingerprint density at radius 1 is 0.643 bits per heavy atom. The molecule has 0 aromatic heterocycles. The summed E-state index contributed by atoms with van der Waals surface area (Å²) in [5.41, 5.74) is 0. The Morgan fingerprint density at radius 3 is 1.75 bits per heavy atom. The van der Waals surface area contributed by atoms with Crippen LogP contribution in [0.15, 0.2) is 0 Å². The fraction of sp³-hybridized carbons (Fsp3) is 0.917. The summed E-state index contributed by atoms with van der Waals surface area (Å²) >= 11 is 0. The van der Waals surface area contributed by atoms with Gasteiger partial charge in [-0.25, -0.2) is 0 Å². The second-order valence-electron chi connectivity index (χ2n) is 8.05. The van der Waals surface area contributed by atoms with E-state index in [1.165, 1.54) is 57.8 Å². The standard InChI is InChI=1S/C24H46O4/c1-4-6-8-10-11-12-13-17-21-27-23(25)19-15-16-20-24(26)28-22(3)18-14-9-7-5-2/h22H,4-21H2,1-3H3. The highest BCUT2D eigenvalue weighted by molar-refractivity contribution is 5.70. The van der Waals surface area contributed by atoms with Crippen LogP contribution in [0.3, 0.4) is 0 Å². The van der Waals surface area contributed by atoms with Gasteiger partial charge in [-0.1, -0.05) is 78.1 Å². The van der Waals surface area contributed by atoms with E-state index in [2.05, 4.69) is 13.8 Å². The lowest BCUT2D eigenvalue weighted by molar-refractivity contribution is -0.149. The number of rotatable bonds is 20. The maximum Gasteiger partial charge on any atom is 0.306 e. The first kappa shape index (κ1) is 26.9. The molecular formula is C24H46O4. The fourth-order valence-electron chi connectivity index (χ4n) is 3.23. The zero-order chi connectivity index (χ0) is 20.9. The van der Waals surface area contributed by atoms with Gasteiger partial charge < -0.3 is 9.47 Å². The van der Waals surface area contributed by atoms with Crippen molar-refractivity contribution < 1.29 is 19.1 Å². The number of carbonyl (C=O) groups excluding carboxylic acids is 2. The highest BCUT2D eigenvalue weighted by atomic mass is 16.5. The zero-order valence-corrected chi connectivity index (χ0v) is 18.9. The number of hydrogen-bond acceptors (Lipinski definition) is 4. The Morgan fingerprint density at radius 2 is 1.14 bits per heavy atom. The van der Waals surface area contributed by atoms with Crippen LogP contribution in [-0.2, 0) is 19.1 Å². The minimum Gasteiger partial charge on any atom is -0.466 e. The normalized spacial score (nSPS) is 12.0. The Kier molecular flexibility index (Phi) is 19.9. The monoisotopic (exact) mass is 398 g/mol. The molecule has 0 N–H and O–H groups in total. The van der Waals surface area contributed by atoms with E-state index in [1.807, 2.05) is 6.92 Å². The third kappa shape index (κ3) is 19.7. The first-order valence-corrected chi connectivity index (χ1v) is 11.9. The first-order valence-electron chi connectivity index (χ1n) is 11.9. The van der Waals surface area contributed by atoms with Gasteiger partial charge in [0.05, 0.1) is 12.7 Å². The average molecular weight is 399 g/mol. The van der Waals surface area contributed by atoms with Crippen LogP contribution in [0.4, 0.5) is 0 Å². The molecule has 0 bridgehead atoms. The van der Waals surface area contributed by atoms with Gasteiger partial charge in [-0.3, -0.25) is 9.59 Å². The van der Waals surface area contributed by atoms with Gasteiger partial charge in [0.25, 0.3) is 0 Å². The van der Waals surface area contributed by atoms with Crippen molar-refractivity contribution >= 4 is 11.9 Å². The van der Waals surface area contributed by atoms with Crippen LogP contribution < -0.4 is 0 Å². The third-order valence-electron chi connectivity index (χ3n) is 5.07. The number of hydrogen-bond donors (Lipinski definition) is 0. The Bertz CT molecular complexity index is 368. The zero-order valence-electron chi connectivity index (χ0n) is 18.9. The minimum atomic E-state index is -0.143. The molecule has 0 amide bonds. The van der Waals surface area contributed by atoms with Crippen LogP contribution in [0.25, 0.3) is 0 Å². The molecule has 166 valence electrons. The molecule has 0 aromatic carbocycles. The quantitative estimate of drug-likeness (QED) is 0.162. The van der Waals surface area contributed by atoms with Gasteiger partial charge >= 0.3 is 11.9 Å². The Balaban J connectivity index is 3.42. The fourth-order valence-corrected chi connectivity index (χ4v) is 3.23. The van der Waals surface area contributed by atoms with Crippen molar-refractivity contribution in [1.82, 2.24) is 0 Å². The van der Waals surface area contributed by atoms with E-state index in [1.54, 1.807) is 0 Å². The summed E-state index contributed by atoms with van der Waals surface area (Å²) < 4.78 is 10.7. The maximum atomic E-state index is 11.8. The highest BCUT2D eigenvalue weighted by Gasteiger charge is 2.10. The van der Waals surface area contributed by atoms with Crippen molar-refractivity contribution in [2.45, 2.75) is 136 Å². The van der Waals surface area contributed by atoms with E-state index in [4.69, 9.17) is 9.47 Å². The summed E-state index contributed by atoms with van der Waals surface area (Å²) in [5, 5.41) is 0. The number of unbranched alkanes of at least 4 members (excludes halogenated alkanes) is 11. The van der Waals surface area contributed by atoms with Crippen LogP contribution in [0.1, 0.15) is 130 Å². The molecule has 4 heteroatoms. The van der Waals surface area contributed by atoms with Gasteiger partial charge in [0, 0.05) is 12.8 Å². The van der Waals surface area contributed by atoms with Crippen LogP contribution in [0.2, 0.25) is 0 Å². The summed E-state index contributed by atoms with van der Waals surface area (Å²) in [6.07, 6.45) is 17.8. The molecule has 4 nitrogen and oxygen atoms in total. The number of ether oxygens (including phenoxy) is 2. The van der Waals surface area contributed by atoms with Crippen LogP contribution in [0.5, 0.6) is 0 Å². The molecule has 0 aliphatic heterocycles. The summed E-state index contributed by atoms with van der Waals surface area (Å²) in [6, 6.07) is 0. The summed E-state index contributed by atoms with van der Waals surface area (Å²) in [6.45, 7) is 6.92. The highest BCUT2D eigenvalue weighted by Crippen LogP contribution is 2.11. The van der Waals surface area contributed by atoms with Gasteiger partial charge in [-0.15, -0.1) is 0 Å². The largest absolute Gasteiger partial charge is 0.466 e. The lowest BCUT2D eigenvalue weighted by Gasteiger charge is -2.13. The van der Waals surface area contributed by atoms with Crippen LogP contribution in [-0.4, -0.2) is 24.6 Å². The molecule has 0 aromatic rings. The maximum absolute atomic E-state index is 11.8. The minimum absolute atomic E-state index is 0.000895. The molecule has 0 heterocycles. The predicted octanol–water partition coefficient (Wildman–Crippen LogP) is 7.13. The van der Waals surface area contributed by atoms with Crippen molar-refractivity contribution in [3.05, 3.63) is 0 Å². The molecule has 0 aliphatic carbocycles. The van der Waals surface area contributed by atoms with Gasteiger partial charge in [-0.05, 0) is 39.0 Å². The van der Waals surface area contributed by atoms with Crippen molar-refractivity contribution in [3.8, 4) is 0 Å². The van der Waals surface area contributed by atoms with Crippen molar-refractivity contribution in [2.24, 2.45) is 0 Å². The molecule has 0 saturated heterocycles. The molecule has 28 heavy (non-hydrogen) atoms. The molecule has 0 fully saturated rings. The second-order valence-corrected chi connectivity index (χ2v) is 8.05. The van der Waals surface area contributed by atoms with E-state index in [-0.39, 0.29) is 18.0 Å². The number of carbonyl (C=O) groups is 2. The third-order valence-corrected chi connectivity index (χ3v) is 5.07. The SMILES string of the molecule is CCCCCCCCCCOC(=O)CCCCC(=O)OC(C)CCCCCC. The van der Waals surface area contributed by atoms with Crippen molar-refractivity contribution in [1.29, 1.82) is 0 Å². The molecular weight excluding hydrogens is 352 g/mol. The van der Waals surface area contributed by atoms with Crippen LogP contribution in [0, 0.1) is 0 Å². The lowest BCUT2D eigenvalue weighted by Crippen LogP contribution is -2.14. The summed E-state index contributed by atoms with van der Waals surface area (Å²) in [7, 11) is 0. The van der Waals surface area contributed by atoms with E-state index < -0.39 is 0 Å². The van der Waals surface area contributed by atoms with E-state index in [0.717, 1.165) is 25.7 Å². The van der Waals surface area contributed by atoms with Crippen LogP contribution >= 0.6 is 0 Å². The molecule has 0 rings (SSSR count). The summed E-state index contributed by atoms with van der Waals surface area (Å²) in [5.74, 6) is -0.282. The van der Waals surface area contributed by atoms with Crippen molar-refractivity contribution in [3.63, 3.8) is 0 Å². The van der Waals surface area contributed by atoms with Gasteiger partial charge in [0.1, 0.15) is 0 Å². The molecule has 0 saturated carbocycles. The van der Waals surface area contributed by atoms with E-state index in [9.17, 15) is 9.59 Å². The first-order chi connectivity index (χ1) is 13.6.